The molecule has 0 radical (unpaired) electrons. The zero-order valence-electron chi connectivity index (χ0n) is 12.7. The molecular formula is C16H23F3N2O. The third-order valence-electron chi connectivity index (χ3n) is 4.00. The fourth-order valence-corrected chi connectivity index (χ4v) is 2.90. The molecule has 2 atom stereocenters. The van der Waals surface area contributed by atoms with E-state index in [2.05, 4.69) is 12.2 Å². The lowest BCUT2D eigenvalue weighted by Gasteiger charge is -2.21. The first kappa shape index (κ1) is 17.1. The van der Waals surface area contributed by atoms with Gasteiger partial charge in [0.1, 0.15) is 5.75 Å². The van der Waals surface area contributed by atoms with Crippen molar-refractivity contribution in [3.8, 4) is 5.75 Å². The van der Waals surface area contributed by atoms with Crippen LogP contribution in [0.25, 0.3) is 0 Å². The molecule has 1 aliphatic rings. The Labute approximate surface area is 129 Å². The quantitative estimate of drug-likeness (QED) is 0.847. The van der Waals surface area contributed by atoms with Gasteiger partial charge < -0.3 is 10.4 Å². The molecule has 124 valence electrons. The summed E-state index contributed by atoms with van der Waals surface area (Å²) in [6, 6.07) is 7.51. The molecule has 22 heavy (non-hydrogen) atoms. The van der Waals surface area contributed by atoms with Crippen LogP contribution in [0.3, 0.4) is 0 Å². The van der Waals surface area contributed by atoms with Gasteiger partial charge in [-0.3, -0.25) is 4.90 Å². The Morgan fingerprint density at radius 1 is 1.32 bits per heavy atom. The molecule has 1 aliphatic heterocycles. The Morgan fingerprint density at radius 2 is 2.00 bits per heavy atom. The summed E-state index contributed by atoms with van der Waals surface area (Å²) in [4.78, 5) is 1.46. The molecule has 2 rings (SSSR count). The number of hydrogen-bond donors (Lipinski definition) is 2. The van der Waals surface area contributed by atoms with Crippen molar-refractivity contribution in [1.82, 2.24) is 10.2 Å². The highest BCUT2D eigenvalue weighted by atomic mass is 19.4. The van der Waals surface area contributed by atoms with Crippen LogP contribution in [0.2, 0.25) is 0 Å². The maximum Gasteiger partial charge on any atom is 0.401 e. The zero-order chi connectivity index (χ0) is 16.2. The Hall–Kier alpha value is -1.27. The second-order valence-electron chi connectivity index (χ2n) is 6.11. The zero-order valence-corrected chi connectivity index (χ0v) is 12.7. The van der Waals surface area contributed by atoms with Crippen LogP contribution in [-0.4, -0.2) is 47.9 Å². The minimum absolute atomic E-state index is 0.136. The summed E-state index contributed by atoms with van der Waals surface area (Å²) in [6.45, 7) is 2.21. The molecule has 1 saturated heterocycles. The van der Waals surface area contributed by atoms with E-state index in [1.165, 1.54) is 4.90 Å². The fourth-order valence-electron chi connectivity index (χ4n) is 2.90. The second-order valence-corrected chi connectivity index (χ2v) is 6.11. The highest BCUT2D eigenvalue weighted by molar-refractivity contribution is 5.25. The molecule has 0 bridgehead atoms. The molecule has 1 fully saturated rings. The number of nitrogens with zero attached hydrogens (tertiary/aromatic N) is 1. The van der Waals surface area contributed by atoms with E-state index in [0.29, 0.717) is 13.1 Å². The van der Waals surface area contributed by atoms with E-state index in [1.54, 1.807) is 12.1 Å². The third kappa shape index (κ3) is 5.85. The highest BCUT2D eigenvalue weighted by Crippen LogP contribution is 2.20. The molecule has 1 aromatic rings. The van der Waals surface area contributed by atoms with E-state index in [4.69, 9.17) is 0 Å². The lowest BCUT2D eigenvalue weighted by molar-refractivity contribution is -0.143. The van der Waals surface area contributed by atoms with Gasteiger partial charge in [0.15, 0.2) is 0 Å². The van der Waals surface area contributed by atoms with Gasteiger partial charge in [0.25, 0.3) is 0 Å². The van der Waals surface area contributed by atoms with E-state index in [9.17, 15) is 18.3 Å². The molecular weight excluding hydrogens is 293 g/mol. The number of nitrogens with one attached hydrogen (secondary N) is 1. The first-order chi connectivity index (χ1) is 10.3. The normalized spacial score (nSPS) is 21.2. The summed E-state index contributed by atoms with van der Waals surface area (Å²) in [5.74, 6) is 0.255. The van der Waals surface area contributed by atoms with Gasteiger partial charge >= 0.3 is 6.18 Å². The first-order valence-electron chi connectivity index (χ1n) is 7.65. The summed E-state index contributed by atoms with van der Waals surface area (Å²) in [7, 11) is 0. The lowest BCUT2D eigenvalue weighted by Crippen LogP contribution is -2.40. The fraction of sp³-hybridized carbons (Fsp3) is 0.625. The summed E-state index contributed by atoms with van der Waals surface area (Å²) in [5.41, 5.74) is 1.15. The SMILES string of the molecule is C[C@H](CCc1ccc(O)cc1)N[C@H]1CCN(CC(F)(F)F)C1. The Bertz CT molecular complexity index is 461. The number of rotatable bonds is 6. The molecule has 0 aromatic heterocycles. The van der Waals surface area contributed by atoms with Crippen molar-refractivity contribution in [3.63, 3.8) is 0 Å². The molecule has 1 aromatic carbocycles. The molecule has 0 unspecified atom stereocenters. The average molecular weight is 316 g/mol. The van der Waals surface area contributed by atoms with Gasteiger partial charge in [0, 0.05) is 25.2 Å². The van der Waals surface area contributed by atoms with Gasteiger partial charge in [-0.25, -0.2) is 0 Å². The van der Waals surface area contributed by atoms with Crippen LogP contribution >= 0.6 is 0 Å². The number of benzene rings is 1. The molecule has 0 spiro atoms. The summed E-state index contributed by atoms with van der Waals surface area (Å²) >= 11 is 0. The van der Waals surface area contributed by atoms with Gasteiger partial charge in [-0.05, 0) is 43.9 Å². The monoisotopic (exact) mass is 316 g/mol. The van der Waals surface area contributed by atoms with Crippen molar-refractivity contribution < 1.29 is 18.3 Å². The Balaban J connectivity index is 1.69. The predicted molar refractivity (Wildman–Crippen MR) is 79.9 cm³/mol. The molecule has 3 nitrogen and oxygen atoms in total. The second kappa shape index (κ2) is 7.33. The van der Waals surface area contributed by atoms with Crippen LogP contribution in [-0.2, 0) is 6.42 Å². The van der Waals surface area contributed by atoms with Crippen molar-refractivity contribution in [3.05, 3.63) is 29.8 Å². The van der Waals surface area contributed by atoms with E-state index < -0.39 is 12.7 Å². The molecule has 2 N–H and O–H groups in total. The van der Waals surface area contributed by atoms with E-state index in [-0.39, 0.29) is 17.8 Å². The van der Waals surface area contributed by atoms with Crippen molar-refractivity contribution in [2.45, 2.75) is 44.4 Å². The molecule has 0 aliphatic carbocycles. The number of aryl methyl sites for hydroxylation is 1. The summed E-state index contributed by atoms with van der Waals surface area (Å²) in [6.07, 6.45) is -1.55. The van der Waals surface area contributed by atoms with Crippen LogP contribution in [0.1, 0.15) is 25.3 Å². The highest BCUT2D eigenvalue weighted by Gasteiger charge is 2.34. The Morgan fingerprint density at radius 3 is 2.64 bits per heavy atom. The maximum absolute atomic E-state index is 12.4. The Kier molecular flexibility index (Phi) is 5.69. The molecule has 0 amide bonds. The van der Waals surface area contributed by atoms with Crippen molar-refractivity contribution in [1.29, 1.82) is 0 Å². The number of phenols is 1. The smallest absolute Gasteiger partial charge is 0.401 e. The number of hydrogen-bond acceptors (Lipinski definition) is 3. The van der Waals surface area contributed by atoms with Gasteiger partial charge in [-0.2, -0.15) is 13.2 Å². The van der Waals surface area contributed by atoms with Gasteiger partial charge in [0.05, 0.1) is 6.54 Å². The molecule has 0 saturated carbocycles. The molecule has 6 heteroatoms. The standard InChI is InChI=1S/C16H23F3N2O/c1-12(2-3-13-4-6-15(22)7-5-13)20-14-8-9-21(10-14)11-16(17,18)19/h4-7,12,14,20,22H,2-3,8-11H2,1H3/t12-,14+/m1/s1. The van der Waals surface area contributed by atoms with E-state index in [0.717, 1.165) is 24.8 Å². The predicted octanol–water partition coefficient (Wildman–Crippen LogP) is 2.94. The van der Waals surface area contributed by atoms with Crippen LogP contribution < -0.4 is 5.32 Å². The maximum atomic E-state index is 12.4. The number of alkyl halides is 3. The van der Waals surface area contributed by atoms with E-state index in [1.807, 2.05) is 12.1 Å². The largest absolute Gasteiger partial charge is 0.508 e. The number of likely N-dealkylation sites (tertiary alicyclic amines) is 1. The van der Waals surface area contributed by atoms with Crippen molar-refractivity contribution in [2.24, 2.45) is 0 Å². The van der Waals surface area contributed by atoms with Crippen LogP contribution in [0, 0.1) is 0 Å². The van der Waals surface area contributed by atoms with Gasteiger partial charge in [-0.15, -0.1) is 0 Å². The summed E-state index contributed by atoms with van der Waals surface area (Å²) < 4.78 is 37.1. The summed E-state index contributed by atoms with van der Waals surface area (Å²) in [5, 5.41) is 12.6. The van der Waals surface area contributed by atoms with Crippen LogP contribution in [0.4, 0.5) is 13.2 Å². The number of aromatic hydroxyl groups is 1. The van der Waals surface area contributed by atoms with Gasteiger partial charge in [0.2, 0.25) is 0 Å². The average Bonchev–Trinajstić information content (AvgIpc) is 2.83. The third-order valence-corrected chi connectivity index (χ3v) is 4.00. The number of phenolic OH excluding ortho intramolecular Hbond substituents is 1. The number of halogens is 3. The van der Waals surface area contributed by atoms with E-state index >= 15 is 0 Å². The minimum atomic E-state index is -4.11. The molecule has 1 heterocycles. The van der Waals surface area contributed by atoms with Crippen LogP contribution in [0.15, 0.2) is 24.3 Å². The minimum Gasteiger partial charge on any atom is -0.508 e. The van der Waals surface area contributed by atoms with Gasteiger partial charge in [-0.1, -0.05) is 12.1 Å². The first-order valence-corrected chi connectivity index (χ1v) is 7.65. The van der Waals surface area contributed by atoms with Crippen molar-refractivity contribution in [2.75, 3.05) is 19.6 Å². The topological polar surface area (TPSA) is 35.5 Å². The van der Waals surface area contributed by atoms with Crippen LogP contribution in [0.5, 0.6) is 5.75 Å². The lowest BCUT2D eigenvalue weighted by atomic mass is 10.1. The van der Waals surface area contributed by atoms with Crippen molar-refractivity contribution >= 4 is 0 Å².